The highest BCUT2D eigenvalue weighted by Crippen LogP contribution is 2.25. The minimum atomic E-state index is 0.860. The number of fused-ring (bicyclic) bond motifs is 1. The largest absolute Gasteiger partial charge is 0.328 e. The lowest BCUT2D eigenvalue weighted by Crippen LogP contribution is -2.45. The average molecular weight is 452 g/mol. The summed E-state index contributed by atoms with van der Waals surface area (Å²) in [6.45, 7) is 13.1. The lowest BCUT2D eigenvalue weighted by atomic mass is 9.95. The maximum absolute atomic E-state index is 4.98. The molecule has 0 saturated carbocycles. The van der Waals surface area contributed by atoms with Crippen LogP contribution in [0.2, 0.25) is 0 Å². The first-order chi connectivity index (χ1) is 16.2. The second-order valence-corrected chi connectivity index (χ2v) is 10.2. The molecule has 33 heavy (non-hydrogen) atoms. The van der Waals surface area contributed by atoms with Gasteiger partial charge < -0.3 is 4.90 Å². The number of aromatic nitrogens is 2. The van der Waals surface area contributed by atoms with Crippen LogP contribution in [0.4, 0.5) is 5.95 Å². The van der Waals surface area contributed by atoms with E-state index >= 15 is 0 Å². The number of piperidine rings is 2. The summed E-state index contributed by atoms with van der Waals surface area (Å²) in [5.41, 5.74) is 2.25. The first kappa shape index (κ1) is 22.7. The average Bonchev–Trinajstić information content (AvgIpc) is 3.44. The van der Waals surface area contributed by atoms with E-state index in [1.807, 2.05) is 0 Å². The number of likely N-dealkylation sites (tertiary alicyclic amines) is 2. The Bertz CT molecular complexity index is 935. The smallest absolute Gasteiger partial charge is 0.211 e. The summed E-state index contributed by atoms with van der Waals surface area (Å²) in [6.07, 6.45) is 7.89. The Hall–Kier alpha value is -2.12. The van der Waals surface area contributed by atoms with Gasteiger partial charge in [-0.2, -0.15) is 0 Å². The topological polar surface area (TPSA) is 51.9 Å². The molecule has 7 heteroatoms. The van der Waals surface area contributed by atoms with Crippen LogP contribution >= 0.6 is 0 Å². The number of hydrogen-bond donors (Lipinski definition) is 1. The van der Waals surface area contributed by atoms with Crippen molar-refractivity contribution in [3.8, 4) is 0 Å². The number of nitrogens with zero attached hydrogens (tertiary/aromatic N) is 6. The number of benzene rings is 1. The van der Waals surface area contributed by atoms with E-state index < -0.39 is 0 Å². The highest BCUT2D eigenvalue weighted by Gasteiger charge is 2.25. The van der Waals surface area contributed by atoms with E-state index in [1.165, 1.54) is 70.2 Å². The Labute approximate surface area is 198 Å². The van der Waals surface area contributed by atoms with Crippen LogP contribution in [0.15, 0.2) is 29.3 Å². The molecule has 0 aliphatic carbocycles. The van der Waals surface area contributed by atoms with Crippen molar-refractivity contribution in [3.63, 3.8) is 0 Å². The predicted octanol–water partition coefficient (Wildman–Crippen LogP) is 4.28. The Morgan fingerprint density at radius 1 is 0.848 bits per heavy atom. The molecule has 2 saturated heterocycles. The van der Waals surface area contributed by atoms with E-state index in [1.54, 1.807) is 0 Å². The molecule has 0 spiro atoms. The molecule has 7 nitrogen and oxygen atoms in total. The third kappa shape index (κ3) is 5.19. The molecule has 5 rings (SSSR count). The molecule has 4 heterocycles. The maximum Gasteiger partial charge on any atom is 0.211 e. The van der Waals surface area contributed by atoms with Gasteiger partial charge in [-0.25, -0.2) is 4.98 Å². The molecule has 2 aromatic rings. The Balaban J connectivity index is 1.28. The van der Waals surface area contributed by atoms with E-state index in [4.69, 9.17) is 9.98 Å². The SMILES string of the molecule is CCC1CCN(CN2CCN=C2Nc2nc3ccccc3n2CN2CCC(CC)CC2)CC1. The van der Waals surface area contributed by atoms with Gasteiger partial charge in [-0.15, -0.1) is 0 Å². The first-order valence-corrected chi connectivity index (χ1v) is 13.2. The number of nitrogens with one attached hydrogen (secondary N) is 1. The molecule has 0 amide bonds. The second kappa shape index (κ2) is 10.4. The van der Waals surface area contributed by atoms with Crippen LogP contribution in [0, 0.1) is 11.8 Å². The van der Waals surface area contributed by atoms with Crippen LogP contribution in [0.25, 0.3) is 11.0 Å². The van der Waals surface area contributed by atoms with E-state index in [-0.39, 0.29) is 0 Å². The highest BCUT2D eigenvalue weighted by atomic mass is 15.4. The minimum absolute atomic E-state index is 0.860. The molecule has 0 bridgehead atoms. The lowest BCUT2D eigenvalue weighted by Gasteiger charge is -2.35. The van der Waals surface area contributed by atoms with E-state index in [0.29, 0.717) is 0 Å². The number of guanidine groups is 1. The lowest BCUT2D eigenvalue weighted by molar-refractivity contribution is 0.135. The monoisotopic (exact) mass is 451 g/mol. The summed E-state index contributed by atoms with van der Waals surface area (Å²) in [5, 5.41) is 3.64. The molecule has 0 unspecified atom stereocenters. The first-order valence-electron chi connectivity index (χ1n) is 13.2. The number of aliphatic imine (C=N–C) groups is 1. The molecule has 1 aromatic heterocycles. The summed E-state index contributed by atoms with van der Waals surface area (Å²) < 4.78 is 2.35. The fraction of sp³-hybridized carbons (Fsp3) is 0.692. The molecular weight excluding hydrogens is 410 g/mol. The Morgan fingerprint density at radius 3 is 2.15 bits per heavy atom. The van der Waals surface area contributed by atoms with Gasteiger partial charge in [-0.3, -0.25) is 24.7 Å². The quantitative estimate of drug-likeness (QED) is 0.681. The molecule has 3 aliphatic rings. The summed E-state index contributed by atoms with van der Waals surface area (Å²) in [5.74, 6) is 3.70. The van der Waals surface area contributed by atoms with Gasteiger partial charge in [0.1, 0.15) is 0 Å². The van der Waals surface area contributed by atoms with Gasteiger partial charge in [0, 0.05) is 32.7 Å². The maximum atomic E-state index is 4.98. The Morgan fingerprint density at radius 2 is 1.48 bits per heavy atom. The van der Waals surface area contributed by atoms with E-state index in [9.17, 15) is 0 Å². The molecule has 1 N–H and O–H groups in total. The zero-order valence-electron chi connectivity index (χ0n) is 20.5. The standard InChI is InChI=1S/C26H41N7/c1-3-21-9-14-30(15-10-21)19-32-18-13-27-25(32)29-26-28-23-7-5-6-8-24(23)33(26)20-31-16-11-22(4-2)12-17-31/h5-8,21-22H,3-4,9-20H2,1-2H3,(H,27,28,29). The number of rotatable bonds is 7. The summed E-state index contributed by atoms with van der Waals surface area (Å²) in [6, 6.07) is 8.51. The van der Waals surface area contributed by atoms with Crippen LogP contribution < -0.4 is 5.32 Å². The minimum Gasteiger partial charge on any atom is -0.328 e. The van der Waals surface area contributed by atoms with Crippen LogP contribution in [-0.4, -0.2) is 76.1 Å². The van der Waals surface area contributed by atoms with E-state index in [2.05, 4.69) is 62.7 Å². The van der Waals surface area contributed by atoms with Crippen molar-refractivity contribution in [3.05, 3.63) is 24.3 Å². The summed E-state index contributed by atoms with van der Waals surface area (Å²) >= 11 is 0. The van der Waals surface area contributed by atoms with Gasteiger partial charge in [0.05, 0.1) is 30.9 Å². The predicted molar refractivity (Wildman–Crippen MR) is 136 cm³/mol. The molecule has 1 aromatic carbocycles. The van der Waals surface area contributed by atoms with Crippen molar-refractivity contribution in [1.29, 1.82) is 0 Å². The zero-order valence-corrected chi connectivity index (χ0v) is 20.5. The molecular formula is C26H41N7. The fourth-order valence-electron chi connectivity index (χ4n) is 5.67. The zero-order chi connectivity index (χ0) is 22.6. The molecule has 180 valence electrons. The van der Waals surface area contributed by atoms with Crippen LogP contribution in [0.3, 0.4) is 0 Å². The molecule has 2 fully saturated rings. The van der Waals surface area contributed by atoms with Crippen molar-refractivity contribution in [2.75, 3.05) is 51.3 Å². The summed E-state index contributed by atoms with van der Waals surface area (Å²) in [4.78, 5) is 17.4. The molecule has 3 aliphatic heterocycles. The van der Waals surface area contributed by atoms with Crippen molar-refractivity contribution in [1.82, 2.24) is 24.3 Å². The van der Waals surface area contributed by atoms with Gasteiger partial charge in [0.25, 0.3) is 0 Å². The van der Waals surface area contributed by atoms with E-state index in [0.717, 1.165) is 55.7 Å². The molecule has 0 radical (unpaired) electrons. The van der Waals surface area contributed by atoms with Crippen molar-refractivity contribution >= 4 is 22.9 Å². The van der Waals surface area contributed by atoms with Gasteiger partial charge >= 0.3 is 0 Å². The third-order valence-corrected chi connectivity index (χ3v) is 8.09. The number of anilines is 1. The number of hydrogen-bond acceptors (Lipinski definition) is 6. The highest BCUT2D eigenvalue weighted by molar-refractivity contribution is 5.95. The number of para-hydroxylation sites is 2. The van der Waals surface area contributed by atoms with Gasteiger partial charge in [-0.1, -0.05) is 38.8 Å². The summed E-state index contributed by atoms with van der Waals surface area (Å²) in [7, 11) is 0. The second-order valence-electron chi connectivity index (χ2n) is 10.2. The van der Waals surface area contributed by atoms with Crippen LogP contribution in [0.1, 0.15) is 52.4 Å². The van der Waals surface area contributed by atoms with Gasteiger partial charge in [0.2, 0.25) is 11.9 Å². The normalized spacial score (nSPS) is 21.8. The van der Waals surface area contributed by atoms with Crippen molar-refractivity contribution in [2.45, 2.75) is 59.0 Å². The van der Waals surface area contributed by atoms with Crippen molar-refractivity contribution < 1.29 is 0 Å². The fourth-order valence-corrected chi connectivity index (χ4v) is 5.67. The van der Waals surface area contributed by atoms with Gasteiger partial charge in [-0.05, 0) is 49.7 Å². The van der Waals surface area contributed by atoms with Crippen LogP contribution in [-0.2, 0) is 6.67 Å². The van der Waals surface area contributed by atoms with Gasteiger partial charge in [0.15, 0.2) is 0 Å². The van der Waals surface area contributed by atoms with Crippen molar-refractivity contribution in [2.24, 2.45) is 16.8 Å². The van der Waals surface area contributed by atoms with Crippen LogP contribution in [0.5, 0.6) is 0 Å². The number of imidazole rings is 1. The Kier molecular flexibility index (Phi) is 7.16. The third-order valence-electron chi connectivity index (χ3n) is 8.09. The molecule has 0 atom stereocenters.